The maximum absolute atomic E-state index is 13.3. The predicted molar refractivity (Wildman–Crippen MR) is 113 cm³/mol. The van der Waals surface area contributed by atoms with Gasteiger partial charge < -0.3 is 19.7 Å². The van der Waals surface area contributed by atoms with Crippen molar-refractivity contribution in [2.45, 2.75) is 12.5 Å². The molecule has 2 heterocycles. The molecular weight excluding hydrogens is 374 g/mol. The molecule has 2 fully saturated rings. The fourth-order valence-electron chi connectivity index (χ4n) is 3.63. The van der Waals surface area contributed by atoms with Crippen molar-refractivity contribution < 1.29 is 14.3 Å². The molecule has 28 heavy (non-hydrogen) atoms. The fraction of sp³-hybridized carbons (Fsp3) is 0.333. The lowest BCUT2D eigenvalue weighted by atomic mass is 9.91. The van der Waals surface area contributed by atoms with Crippen LogP contribution in [0.2, 0.25) is 0 Å². The minimum Gasteiger partial charge on any atom is -0.497 e. The summed E-state index contributed by atoms with van der Waals surface area (Å²) in [7, 11) is 1.61. The van der Waals surface area contributed by atoms with Gasteiger partial charge in [0.2, 0.25) is 0 Å². The minimum absolute atomic E-state index is 0.0956. The second-order valence-electron chi connectivity index (χ2n) is 7.04. The molecule has 2 aliphatic heterocycles. The summed E-state index contributed by atoms with van der Waals surface area (Å²) in [5, 5.41) is 3.61. The van der Waals surface area contributed by atoms with Gasteiger partial charge in [-0.25, -0.2) is 0 Å². The molecule has 2 aliphatic rings. The Morgan fingerprint density at radius 3 is 2.25 bits per heavy atom. The van der Waals surface area contributed by atoms with Gasteiger partial charge in [-0.15, -0.1) is 0 Å². The molecule has 0 radical (unpaired) electrons. The molecule has 0 aromatic heterocycles. The number of nitrogens with one attached hydrogen (secondary N) is 1. The van der Waals surface area contributed by atoms with Crippen LogP contribution in [0.5, 0.6) is 5.75 Å². The first-order valence-electron chi connectivity index (χ1n) is 9.27. The number of methoxy groups -OCH3 is 1. The molecule has 0 aliphatic carbocycles. The number of ether oxygens (including phenoxy) is 2. The monoisotopic (exact) mass is 397 g/mol. The third-order valence-corrected chi connectivity index (χ3v) is 5.63. The maximum Gasteiger partial charge on any atom is 0.263 e. The summed E-state index contributed by atoms with van der Waals surface area (Å²) >= 11 is 5.48. The van der Waals surface area contributed by atoms with E-state index in [-0.39, 0.29) is 5.91 Å². The Hall–Kier alpha value is -2.64. The number of benzene rings is 2. The maximum atomic E-state index is 13.3. The highest BCUT2D eigenvalue weighted by Crippen LogP contribution is 2.33. The average Bonchev–Trinajstić information content (AvgIpc) is 2.98. The van der Waals surface area contributed by atoms with Gasteiger partial charge in [-0.2, -0.15) is 0 Å². The summed E-state index contributed by atoms with van der Waals surface area (Å²) in [5.74, 6) is 0.637. The lowest BCUT2D eigenvalue weighted by Gasteiger charge is -2.29. The van der Waals surface area contributed by atoms with Crippen molar-refractivity contribution in [2.75, 3.05) is 43.2 Å². The minimum atomic E-state index is -0.902. The first-order valence-corrected chi connectivity index (χ1v) is 9.68. The van der Waals surface area contributed by atoms with Crippen LogP contribution in [0.25, 0.3) is 0 Å². The van der Waals surface area contributed by atoms with Gasteiger partial charge in [0.15, 0.2) is 5.11 Å². The first kappa shape index (κ1) is 18.7. The Morgan fingerprint density at radius 1 is 1.04 bits per heavy atom. The number of nitrogens with zero attached hydrogens (tertiary/aromatic N) is 2. The Morgan fingerprint density at radius 2 is 1.64 bits per heavy atom. The molecule has 0 bridgehead atoms. The molecule has 4 rings (SSSR count). The van der Waals surface area contributed by atoms with E-state index < -0.39 is 5.54 Å². The molecule has 2 saturated heterocycles. The van der Waals surface area contributed by atoms with Crippen molar-refractivity contribution in [3.63, 3.8) is 0 Å². The fourth-order valence-corrected chi connectivity index (χ4v) is 4.02. The zero-order chi connectivity index (χ0) is 19.7. The van der Waals surface area contributed by atoms with Crippen LogP contribution in [-0.4, -0.2) is 44.4 Å². The van der Waals surface area contributed by atoms with Gasteiger partial charge in [-0.1, -0.05) is 12.1 Å². The zero-order valence-corrected chi connectivity index (χ0v) is 16.8. The lowest BCUT2D eigenvalue weighted by Crippen LogP contribution is -2.41. The summed E-state index contributed by atoms with van der Waals surface area (Å²) in [4.78, 5) is 17.1. The highest BCUT2D eigenvalue weighted by Gasteiger charge is 2.47. The Kier molecular flexibility index (Phi) is 4.95. The summed E-state index contributed by atoms with van der Waals surface area (Å²) in [6, 6.07) is 15.4. The Balaban J connectivity index is 1.58. The van der Waals surface area contributed by atoms with E-state index in [1.165, 1.54) is 0 Å². The molecule has 1 amide bonds. The van der Waals surface area contributed by atoms with Crippen LogP contribution in [-0.2, 0) is 15.1 Å². The van der Waals surface area contributed by atoms with Crippen molar-refractivity contribution in [3.05, 3.63) is 54.1 Å². The number of anilines is 2. The van der Waals surface area contributed by atoms with Crippen LogP contribution in [0.1, 0.15) is 12.5 Å². The van der Waals surface area contributed by atoms with Gasteiger partial charge in [0, 0.05) is 18.8 Å². The highest BCUT2D eigenvalue weighted by atomic mass is 32.1. The van der Waals surface area contributed by atoms with Gasteiger partial charge in [-0.3, -0.25) is 9.69 Å². The largest absolute Gasteiger partial charge is 0.497 e. The van der Waals surface area contributed by atoms with Crippen LogP contribution < -0.4 is 19.9 Å². The van der Waals surface area contributed by atoms with Crippen molar-refractivity contribution >= 4 is 34.6 Å². The van der Waals surface area contributed by atoms with Gasteiger partial charge in [0.25, 0.3) is 5.91 Å². The number of thiocarbonyl (C=S) groups is 1. The van der Waals surface area contributed by atoms with E-state index in [0.29, 0.717) is 5.11 Å². The van der Waals surface area contributed by atoms with Crippen molar-refractivity contribution in [2.24, 2.45) is 0 Å². The molecule has 6 nitrogen and oxygen atoms in total. The number of carbonyl (C=O) groups is 1. The summed E-state index contributed by atoms with van der Waals surface area (Å²) < 4.78 is 10.6. The Bertz CT molecular complexity index is 879. The van der Waals surface area contributed by atoms with E-state index in [1.54, 1.807) is 12.0 Å². The second kappa shape index (κ2) is 7.41. The van der Waals surface area contributed by atoms with Crippen LogP contribution in [0.4, 0.5) is 11.4 Å². The third kappa shape index (κ3) is 3.21. The second-order valence-corrected chi connectivity index (χ2v) is 7.43. The van der Waals surface area contributed by atoms with E-state index in [1.807, 2.05) is 43.3 Å². The van der Waals surface area contributed by atoms with Crippen LogP contribution >= 0.6 is 12.2 Å². The van der Waals surface area contributed by atoms with Crippen molar-refractivity contribution in [1.29, 1.82) is 0 Å². The smallest absolute Gasteiger partial charge is 0.263 e. The average molecular weight is 398 g/mol. The first-order chi connectivity index (χ1) is 13.5. The summed E-state index contributed by atoms with van der Waals surface area (Å²) in [6.45, 7) is 5.11. The topological polar surface area (TPSA) is 54.0 Å². The molecule has 2 aromatic carbocycles. The van der Waals surface area contributed by atoms with Crippen LogP contribution in [0.3, 0.4) is 0 Å². The molecule has 1 unspecified atom stereocenters. The lowest BCUT2D eigenvalue weighted by molar-refractivity contribution is -0.121. The quantitative estimate of drug-likeness (QED) is 0.801. The van der Waals surface area contributed by atoms with Crippen LogP contribution in [0, 0.1) is 0 Å². The standard InChI is InChI=1S/C21H23N3O3S/c1-21(15-3-5-16(6-4-15)23-11-13-27-14-12-23)19(25)24(20(28)22-21)17-7-9-18(26-2)10-8-17/h3-10H,11-14H2,1-2H3,(H,22,28). The van der Waals surface area contributed by atoms with E-state index >= 15 is 0 Å². The molecule has 0 spiro atoms. The summed E-state index contributed by atoms with van der Waals surface area (Å²) in [5.41, 5.74) is 1.83. The van der Waals surface area contributed by atoms with Gasteiger partial charge >= 0.3 is 0 Å². The molecule has 7 heteroatoms. The van der Waals surface area contributed by atoms with E-state index in [2.05, 4.69) is 22.3 Å². The molecule has 2 aromatic rings. The van der Waals surface area contributed by atoms with E-state index in [0.717, 1.165) is 49.0 Å². The number of carbonyl (C=O) groups excluding carboxylic acids is 1. The number of amides is 1. The van der Waals surface area contributed by atoms with Crippen molar-refractivity contribution in [1.82, 2.24) is 5.32 Å². The molecule has 1 N–H and O–H groups in total. The molecular formula is C21H23N3O3S. The number of hydrogen-bond acceptors (Lipinski definition) is 5. The van der Waals surface area contributed by atoms with E-state index in [4.69, 9.17) is 21.7 Å². The Labute approximate surface area is 170 Å². The normalized spacial score (nSPS) is 22.4. The van der Waals surface area contributed by atoms with Crippen LogP contribution in [0.15, 0.2) is 48.5 Å². The predicted octanol–water partition coefficient (Wildman–Crippen LogP) is 2.67. The SMILES string of the molecule is COc1ccc(N2C(=O)C(C)(c3ccc(N4CCOCC4)cc3)NC2=S)cc1. The third-order valence-electron chi connectivity index (χ3n) is 5.34. The van der Waals surface area contributed by atoms with Gasteiger partial charge in [0.05, 0.1) is 26.0 Å². The number of hydrogen-bond donors (Lipinski definition) is 1. The molecule has 146 valence electrons. The highest BCUT2D eigenvalue weighted by molar-refractivity contribution is 7.80. The van der Waals surface area contributed by atoms with E-state index in [9.17, 15) is 4.79 Å². The van der Waals surface area contributed by atoms with Crippen molar-refractivity contribution in [3.8, 4) is 5.75 Å². The molecule has 1 atom stereocenters. The number of rotatable bonds is 4. The van der Waals surface area contributed by atoms with Gasteiger partial charge in [-0.05, 0) is 61.1 Å². The number of morpholine rings is 1. The molecule has 0 saturated carbocycles. The van der Waals surface area contributed by atoms with Gasteiger partial charge in [0.1, 0.15) is 11.3 Å². The zero-order valence-electron chi connectivity index (χ0n) is 16.0. The summed E-state index contributed by atoms with van der Waals surface area (Å²) in [6.07, 6.45) is 0.